The van der Waals surface area contributed by atoms with Gasteiger partial charge >= 0.3 is 0 Å². The van der Waals surface area contributed by atoms with Crippen LogP contribution >= 0.6 is 0 Å². The van der Waals surface area contributed by atoms with E-state index in [9.17, 15) is 0 Å². The maximum Gasteiger partial charge on any atom is 0.162 e. The summed E-state index contributed by atoms with van der Waals surface area (Å²) in [4.78, 5) is 9.01. The summed E-state index contributed by atoms with van der Waals surface area (Å²) in [5.41, 5.74) is 8.86. The first-order chi connectivity index (χ1) is 8.58. The summed E-state index contributed by atoms with van der Waals surface area (Å²) < 4.78 is 1.75. The van der Waals surface area contributed by atoms with Gasteiger partial charge in [0.05, 0.1) is 11.8 Å². The molecular formula is C13H19N5. The topological polar surface area (TPSA) is 69.6 Å². The minimum absolute atomic E-state index is 0.154. The quantitative estimate of drug-likeness (QED) is 0.885. The van der Waals surface area contributed by atoms with Crippen molar-refractivity contribution >= 4 is 0 Å². The zero-order chi connectivity index (χ0) is 13.1. The highest BCUT2D eigenvalue weighted by molar-refractivity contribution is 5.52. The van der Waals surface area contributed by atoms with E-state index in [1.54, 1.807) is 10.9 Å². The first-order valence-corrected chi connectivity index (χ1v) is 6.17. The second-order valence-electron chi connectivity index (χ2n) is 4.60. The van der Waals surface area contributed by atoms with E-state index in [1.165, 1.54) is 0 Å². The SMILES string of the molecule is CCC(N)Cc1cc(C)nc(-c2cnn(C)c2)n1. The first kappa shape index (κ1) is 12.7. The van der Waals surface area contributed by atoms with Gasteiger partial charge < -0.3 is 5.73 Å². The van der Waals surface area contributed by atoms with Crippen molar-refractivity contribution in [2.24, 2.45) is 12.8 Å². The molecule has 0 saturated heterocycles. The fraction of sp³-hybridized carbons (Fsp3) is 0.462. The molecule has 0 saturated carbocycles. The van der Waals surface area contributed by atoms with Gasteiger partial charge in [-0.15, -0.1) is 0 Å². The van der Waals surface area contributed by atoms with Crippen molar-refractivity contribution in [2.45, 2.75) is 32.7 Å². The molecule has 0 aromatic carbocycles. The van der Waals surface area contributed by atoms with Crippen LogP contribution in [0, 0.1) is 6.92 Å². The van der Waals surface area contributed by atoms with Gasteiger partial charge in [-0.1, -0.05) is 6.92 Å². The molecule has 2 heterocycles. The van der Waals surface area contributed by atoms with Crippen molar-refractivity contribution in [1.82, 2.24) is 19.7 Å². The Balaban J connectivity index is 2.32. The van der Waals surface area contributed by atoms with E-state index in [4.69, 9.17) is 5.73 Å². The lowest BCUT2D eigenvalue weighted by Crippen LogP contribution is -2.22. The van der Waals surface area contributed by atoms with Crippen molar-refractivity contribution < 1.29 is 0 Å². The fourth-order valence-corrected chi connectivity index (χ4v) is 1.82. The molecule has 0 aliphatic heterocycles. The monoisotopic (exact) mass is 245 g/mol. The normalized spacial score (nSPS) is 12.7. The summed E-state index contributed by atoms with van der Waals surface area (Å²) in [5, 5.41) is 4.14. The molecule has 1 unspecified atom stereocenters. The molecule has 0 aliphatic rings. The summed E-state index contributed by atoms with van der Waals surface area (Å²) in [5.74, 6) is 0.724. The van der Waals surface area contributed by atoms with Gasteiger partial charge in [0.2, 0.25) is 0 Å². The molecular weight excluding hydrogens is 226 g/mol. The van der Waals surface area contributed by atoms with Gasteiger partial charge in [0.25, 0.3) is 0 Å². The van der Waals surface area contributed by atoms with Crippen LogP contribution in [0.5, 0.6) is 0 Å². The van der Waals surface area contributed by atoms with Crippen molar-refractivity contribution in [1.29, 1.82) is 0 Å². The molecule has 96 valence electrons. The molecule has 0 fully saturated rings. The Kier molecular flexibility index (Phi) is 3.72. The maximum atomic E-state index is 5.97. The number of nitrogens with zero attached hydrogens (tertiary/aromatic N) is 4. The Morgan fingerprint density at radius 2 is 2.17 bits per heavy atom. The highest BCUT2D eigenvalue weighted by Gasteiger charge is 2.09. The van der Waals surface area contributed by atoms with Gasteiger partial charge in [-0.2, -0.15) is 5.10 Å². The smallest absolute Gasteiger partial charge is 0.162 e. The van der Waals surface area contributed by atoms with Gasteiger partial charge in [0.1, 0.15) is 0 Å². The lowest BCUT2D eigenvalue weighted by atomic mass is 10.1. The second-order valence-corrected chi connectivity index (χ2v) is 4.60. The van der Waals surface area contributed by atoms with Gasteiger partial charge in [0.15, 0.2) is 5.82 Å². The lowest BCUT2D eigenvalue weighted by molar-refractivity contribution is 0.635. The number of aryl methyl sites for hydroxylation is 2. The summed E-state index contributed by atoms with van der Waals surface area (Å²) in [6.45, 7) is 4.06. The zero-order valence-corrected chi connectivity index (χ0v) is 11.1. The van der Waals surface area contributed by atoms with E-state index in [2.05, 4.69) is 22.0 Å². The third-order valence-corrected chi connectivity index (χ3v) is 2.87. The van der Waals surface area contributed by atoms with Crippen molar-refractivity contribution in [3.05, 3.63) is 29.8 Å². The molecule has 0 aliphatic carbocycles. The van der Waals surface area contributed by atoms with Gasteiger partial charge in [-0.3, -0.25) is 4.68 Å². The van der Waals surface area contributed by atoms with Crippen molar-refractivity contribution in [3.63, 3.8) is 0 Å². The van der Waals surface area contributed by atoms with Crippen LogP contribution in [-0.2, 0) is 13.5 Å². The Bertz CT molecular complexity index is 532. The van der Waals surface area contributed by atoms with Crippen LogP contribution < -0.4 is 5.73 Å². The van der Waals surface area contributed by atoms with Crippen LogP contribution in [0.15, 0.2) is 18.5 Å². The van der Waals surface area contributed by atoms with Crippen LogP contribution in [0.25, 0.3) is 11.4 Å². The van der Waals surface area contributed by atoms with E-state index < -0.39 is 0 Å². The molecule has 0 amide bonds. The van der Waals surface area contributed by atoms with Crippen LogP contribution in [0.4, 0.5) is 0 Å². The number of hydrogen-bond acceptors (Lipinski definition) is 4. The highest BCUT2D eigenvalue weighted by atomic mass is 15.2. The van der Waals surface area contributed by atoms with Gasteiger partial charge in [-0.05, 0) is 19.4 Å². The zero-order valence-electron chi connectivity index (χ0n) is 11.1. The summed E-state index contributed by atoms with van der Waals surface area (Å²) in [6, 6.07) is 2.15. The molecule has 5 nitrogen and oxygen atoms in total. The van der Waals surface area contributed by atoms with Crippen LogP contribution in [0.2, 0.25) is 0 Å². The molecule has 18 heavy (non-hydrogen) atoms. The molecule has 0 radical (unpaired) electrons. The molecule has 0 bridgehead atoms. The number of hydrogen-bond donors (Lipinski definition) is 1. The van der Waals surface area contributed by atoms with Crippen LogP contribution in [-0.4, -0.2) is 25.8 Å². The molecule has 0 spiro atoms. The van der Waals surface area contributed by atoms with Crippen molar-refractivity contribution in [3.8, 4) is 11.4 Å². The van der Waals surface area contributed by atoms with Crippen LogP contribution in [0.3, 0.4) is 0 Å². The first-order valence-electron chi connectivity index (χ1n) is 6.17. The summed E-state index contributed by atoms with van der Waals surface area (Å²) in [6.07, 6.45) is 5.43. The highest BCUT2D eigenvalue weighted by Crippen LogP contribution is 2.15. The third kappa shape index (κ3) is 2.92. The fourth-order valence-electron chi connectivity index (χ4n) is 1.82. The van der Waals surface area contributed by atoms with Gasteiger partial charge in [-0.25, -0.2) is 9.97 Å². The molecule has 2 aromatic heterocycles. The summed E-state index contributed by atoms with van der Waals surface area (Å²) >= 11 is 0. The average Bonchev–Trinajstić information content (AvgIpc) is 2.75. The maximum absolute atomic E-state index is 5.97. The van der Waals surface area contributed by atoms with E-state index in [0.29, 0.717) is 0 Å². The van der Waals surface area contributed by atoms with E-state index in [-0.39, 0.29) is 6.04 Å². The average molecular weight is 245 g/mol. The largest absolute Gasteiger partial charge is 0.327 e. The summed E-state index contributed by atoms with van der Waals surface area (Å²) in [7, 11) is 1.88. The Labute approximate surface area is 107 Å². The second kappa shape index (κ2) is 5.27. The van der Waals surface area contributed by atoms with Gasteiger partial charge in [0, 0.05) is 37.1 Å². The minimum atomic E-state index is 0.154. The van der Waals surface area contributed by atoms with E-state index in [1.807, 2.05) is 26.2 Å². The predicted octanol–water partition coefficient (Wildman–Crippen LogP) is 1.47. The number of nitrogens with two attached hydrogens (primary N) is 1. The predicted molar refractivity (Wildman–Crippen MR) is 70.9 cm³/mol. The molecule has 2 rings (SSSR count). The van der Waals surface area contributed by atoms with Crippen LogP contribution in [0.1, 0.15) is 24.7 Å². The molecule has 2 N–H and O–H groups in total. The molecule has 5 heteroatoms. The Hall–Kier alpha value is -1.75. The standard InChI is InChI=1S/C13H19N5/c1-4-11(14)6-12-5-9(2)16-13(17-12)10-7-15-18(3)8-10/h5,7-8,11H,4,6,14H2,1-3H3. The minimum Gasteiger partial charge on any atom is -0.327 e. The van der Waals surface area contributed by atoms with E-state index >= 15 is 0 Å². The Morgan fingerprint density at radius 3 is 2.78 bits per heavy atom. The number of aromatic nitrogens is 4. The Morgan fingerprint density at radius 1 is 1.39 bits per heavy atom. The van der Waals surface area contributed by atoms with Crippen molar-refractivity contribution in [2.75, 3.05) is 0 Å². The third-order valence-electron chi connectivity index (χ3n) is 2.87. The molecule has 1 atom stereocenters. The lowest BCUT2D eigenvalue weighted by Gasteiger charge is -2.09. The number of rotatable bonds is 4. The molecule has 2 aromatic rings. The van der Waals surface area contributed by atoms with E-state index in [0.717, 1.165) is 35.6 Å².